The molecule has 0 amide bonds. The van der Waals surface area contributed by atoms with Gasteiger partial charge in [0.15, 0.2) is 0 Å². The van der Waals surface area contributed by atoms with Gasteiger partial charge in [0, 0.05) is 35.4 Å². The molecule has 1 aliphatic rings. The van der Waals surface area contributed by atoms with Gasteiger partial charge in [-0.1, -0.05) is 49.7 Å². The predicted molar refractivity (Wildman–Crippen MR) is 179 cm³/mol. The summed E-state index contributed by atoms with van der Waals surface area (Å²) in [5, 5.41) is 28.3. The molecule has 1 fully saturated rings. The van der Waals surface area contributed by atoms with Crippen LogP contribution in [0.5, 0.6) is 5.88 Å². The van der Waals surface area contributed by atoms with Crippen molar-refractivity contribution in [1.82, 2.24) is 25.0 Å². The number of hydrogen-bond donors (Lipinski definition) is 2. The Morgan fingerprint density at radius 2 is 1.93 bits per heavy atom. The van der Waals surface area contributed by atoms with Crippen LogP contribution in [-0.2, 0) is 5.54 Å². The molecule has 232 valence electrons. The van der Waals surface area contributed by atoms with Crippen molar-refractivity contribution in [3.05, 3.63) is 74.3 Å². The molecule has 6 rings (SSSR count). The Bertz CT molecular complexity index is 1970. The summed E-state index contributed by atoms with van der Waals surface area (Å²) in [4.78, 5) is 8.83. The largest absolute Gasteiger partial charge is 0.481 e. The second-order valence-corrected chi connectivity index (χ2v) is 13.8. The summed E-state index contributed by atoms with van der Waals surface area (Å²) in [5.74, 6) is 0.458. The van der Waals surface area contributed by atoms with Gasteiger partial charge in [0.05, 0.1) is 34.9 Å². The third kappa shape index (κ3) is 5.72. The molecule has 3 aromatic heterocycles. The lowest BCUT2D eigenvalue weighted by atomic mass is 9.96. The highest BCUT2D eigenvalue weighted by molar-refractivity contribution is 14.1. The number of aromatic nitrogens is 5. The minimum absolute atomic E-state index is 0.0585. The fourth-order valence-corrected chi connectivity index (χ4v) is 6.71. The Labute approximate surface area is 277 Å². The zero-order chi connectivity index (χ0) is 32.1. The van der Waals surface area contributed by atoms with Crippen LogP contribution in [0.25, 0.3) is 21.7 Å². The predicted octanol–water partition coefficient (Wildman–Crippen LogP) is 7.93. The number of alkyl halides is 2. The molecule has 2 aromatic carbocycles. The zero-order valence-corrected chi connectivity index (χ0v) is 27.9. The van der Waals surface area contributed by atoms with Crippen LogP contribution in [0.4, 0.5) is 20.2 Å². The van der Waals surface area contributed by atoms with Crippen molar-refractivity contribution in [3.63, 3.8) is 0 Å². The lowest BCUT2D eigenvalue weighted by Gasteiger charge is -2.23. The lowest BCUT2D eigenvalue weighted by molar-refractivity contribution is 0.0578. The normalized spacial score (nSPS) is 14.8. The first-order chi connectivity index (χ1) is 21.5. The number of anilines is 2. The molecule has 1 saturated carbocycles. The van der Waals surface area contributed by atoms with E-state index in [1.54, 1.807) is 19.4 Å². The Kier molecular flexibility index (Phi) is 8.19. The van der Waals surface area contributed by atoms with E-state index in [4.69, 9.17) is 16.3 Å². The number of hydrogen-bond acceptors (Lipinski definition) is 8. The molecule has 1 unspecified atom stereocenters. The molecular formula is C32H30ClF2IN8O. The number of halogens is 4. The van der Waals surface area contributed by atoms with Crippen LogP contribution >= 0.6 is 34.2 Å². The van der Waals surface area contributed by atoms with Gasteiger partial charge in [0.2, 0.25) is 5.88 Å². The average molecular weight is 743 g/mol. The van der Waals surface area contributed by atoms with Gasteiger partial charge < -0.3 is 15.4 Å². The molecule has 2 N–H and O–H groups in total. The highest BCUT2D eigenvalue weighted by Gasteiger charge is 2.55. The average Bonchev–Trinajstić information content (AvgIpc) is 3.73. The fourth-order valence-electron chi connectivity index (χ4n) is 5.44. The van der Waals surface area contributed by atoms with E-state index in [1.165, 1.54) is 10.9 Å². The van der Waals surface area contributed by atoms with Crippen LogP contribution in [0.1, 0.15) is 56.5 Å². The Morgan fingerprint density at radius 3 is 2.60 bits per heavy atom. The molecule has 5 aromatic rings. The number of fused-ring (bicyclic) bond motifs is 2. The Hall–Kier alpha value is -3.83. The number of nitriles is 1. The number of methoxy groups -OCH3 is 1. The van der Waals surface area contributed by atoms with Gasteiger partial charge in [-0.3, -0.25) is 4.98 Å². The summed E-state index contributed by atoms with van der Waals surface area (Å²) < 4.78 is 35.7. The van der Waals surface area contributed by atoms with E-state index in [2.05, 4.69) is 80.3 Å². The second-order valence-electron chi connectivity index (χ2n) is 12.3. The maximum atomic E-state index is 14.2. The van der Waals surface area contributed by atoms with E-state index in [-0.39, 0.29) is 5.41 Å². The number of nitrogens with one attached hydrogen (secondary N) is 2. The van der Waals surface area contributed by atoms with E-state index >= 15 is 0 Å². The smallest absolute Gasteiger partial charge is 0.263 e. The molecule has 0 radical (unpaired) electrons. The molecule has 0 aliphatic heterocycles. The molecule has 9 nitrogen and oxygen atoms in total. The van der Waals surface area contributed by atoms with Gasteiger partial charge in [-0.25, -0.2) is 18.4 Å². The number of ether oxygens (including phenoxy) is 1. The summed E-state index contributed by atoms with van der Waals surface area (Å²) in [6, 6.07) is 12.9. The topological polar surface area (TPSA) is 114 Å². The fraction of sp³-hybridized carbons (Fsp3) is 0.344. The summed E-state index contributed by atoms with van der Waals surface area (Å²) in [6.07, 6.45) is 1.27. The van der Waals surface area contributed by atoms with Crippen LogP contribution in [0.2, 0.25) is 5.02 Å². The van der Waals surface area contributed by atoms with Gasteiger partial charge in [0.25, 0.3) is 6.43 Å². The molecule has 0 bridgehead atoms. The van der Waals surface area contributed by atoms with Crippen molar-refractivity contribution in [2.75, 3.05) is 24.3 Å². The summed E-state index contributed by atoms with van der Waals surface area (Å²) in [7, 11) is 1.56. The van der Waals surface area contributed by atoms with E-state index in [1.807, 2.05) is 30.3 Å². The SMILES string of the molecule is COc1nccc2c(C(Nc3cc(Cl)c4ncc(C#N)c(NCC(C)(C)C)c4c3)c3nnn(C4(C(F)F)CC4)c3I)cccc12. The lowest BCUT2D eigenvalue weighted by Crippen LogP contribution is -2.28. The van der Waals surface area contributed by atoms with Crippen molar-refractivity contribution < 1.29 is 13.5 Å². The maximum absolute atomic E-state index is 14.2. The standard InChI is InChI=1S/C32H30ClF2IN8O/c1-31(2,3)16-40-24-17(14-37)15-39-25-22(24)12-18(13-23(25)33)41-26(20-6-5-7-21-19(20)8-11-38-29(21)45-4)27-28(36)44(43-42-27)32(9-10-32)30(34)35/h5-8,11-13,15,26,30,41H,9-10,16H2,1-4H3,(H,39,40). The third-order valence-corrected chi connectivity index (χ3v) is 9.26. The van der Waals surface area contributed by atoms with E-state index in [9.17, 15) is 14.0 Å². The quantitative estimate of drug-likeness (QED) is 0.147. The van der Waals surface area contributed by atoms with E-state index in [0.717, 1.165) is 16.3 Å². The van der Waals surface area contributed by atoms with Crippen LogP contribution < -0.4 is 15.4 Å². The number of nitrogens with zero attached hydrogens (tertiary/aromatic N) is 6. The molecule has 3 heterocycles. The van der Waals surface area contributed by atoms with E-state index < -0.39 is 18.0 Å². The third-order valence-electron chi connectivity index (χ3n) is 7.96. The Balaban J connectivity index is 1.53. The molecule has 1 aliphatic carbocycles. The summed E-state index contributed by atoms with van der Waals surface area (Å²) in [5.41, 5.74) is 2.07. The van der Waals surface area contributed by atoms with Crippen LogP contribution in [0.15, 0.2) is 48.8 Å². The van der Waals surface area contributed by atoms with Crippen LogP contribution in [0, 0.1) is 20.4 Å². The Morgan fingerprint density at radius 1 is 1.16 bits per heavy atom. The van der Waals surface area contributed by atoms with Gasteiger partial charge >= 0.3 is 0 Å². The van der Waals surface area contributed by atoms with Crippen molar-refractivity contribution in [1.29, 1.82) is 5.26 Å². The van der Waals surface area contributed by atoms with Gasteiger partial charge in [-0.15, -0.1) is 5.10 Å². The zero-order valence-electron chi connectivity index (χ0n) is 25.0. The summed E-state index contributed by atoms with van der Waals surface area (Å²) in [6.45, 7) is 6.91. The minimum Gasteiger partial charge on any atom is -0.481 e. The molecular weight excluding hydrogens is 713 g/mol. The molecule has 45 heavy (non-hydrogen) atoms. The molecule has 0 saturated heterocycles. The van der Waals surface area contributed by atoms with E-state index in [0.29, 0.717) is 67.5 Å². The monoisotopic (exact) mass is 742 g/mol. The molecule has 0 spiro atoms. The number of benzene rings is 2. The molecule has 13 heteroatoms. The van der Waals surface area contributed by atoms with Gasteiger partial charge in [0.1, 0.15) is 21.0 Å². The first-order valence-electron chi connectivity index (χ1n) is 14.3. The highest BCUT2D eigenvalue weighted by Crippen LogP contribution is 2.49. The number of pyridine rings is 2. The molecule has 1 atom stereocenters. The number of rotatable bonds is 9. The van der Waals surface area contributed by atoms with Crippen LogP contribution in [0.3, 0.4) is 0 Å². The van der Waals surface area contributed by atoms with Crippen molar-refractivity contribution >= 4 is 67.2 Å². The van der Waals surface area contributed by atoms with Crippen molar-refractivity contribution in [3.8, 4) is 11.9 Å². The minimum atomic E-state index is -2.57. The first-order valence-corrected chi connectivity index (χ1v) is 15.8. The van der Waals surface area contributed by atoms with Crippen molar-refractivity contribution in [2.45, 2.75) is 51.6 Å². The first kappa shape index (κ1) is 31.2. The second kappa shape index (κ2) is 11.8. The van der Waals surface area contributed by atoms with Gasteiger partial charge in [-0.2, -0.15) is 5.26 Å². The highest BCUT2D eigenvalue weighted by atomic mass is 127. The van der Waals surface area contributed by atoms with Crippen LogP contribution in [-0.4, -0.2) is 45.0 Å². The van der Waals surface area contributed by atoms with Gasteiger partial charge in [-0.05, 0) is 76.1 Å². The maximum Gasteiger partial charge on any atom is 0.263 e. The van der Waals surface area contributed by atoms with Crippen molar-refractivity contribution in [2.24, 2.45) is 5.41 Å². The summed E-state index contributed by atoms with van der Waals surface area (Å²) >= 11 is 8.87.